The van der Waals surface area contributed by atoms with Crippen LogP contribution in [0.5, 0.6) is 0 Å². The number of methoxy groups -OCH3 is 1. The Balaban J connectivity index is 2.51. The number of nitrogens with two attached hydrogens (primary N) is 1. The number of rotatable bonds is 6. The van der Waals surface area contributed by atoms with Gasteiger partial charge in [-0.25, -0.2) is 0 Å². The summed E-state index contributed by atoms with van der Waals surface area (Å²) in [5.74, 6) is -0.316. The Kier molecular flexibility index (Phi) is 5.11. The second kappa shape index (κ2) is 6.36. The van der Waals surface area contributed by atoms with Gasteiger partial charge in [-0.2, -0.15) is 5.10 Å². The molecule has 1 heterocycles. The Morgan fingerprint density at radius 2 is 2.35 bits per heavy atom. The molecule has 17 heavy (non-hydrogen) atoms. The van der Waals surface area contributed by atoms with Gasteiger partial charge in [-0.3, -0.25) is 9.48 Å². The summed E-state index contributed by atoms with van der Waals surface area (Å²) in [5.41, 5.74) is 6.34. The Morgan fingerprint density at radius 1 is 1.65 bits per heavy atom. The first-order valence-corrected chi connectivity index (χ1v) is 5.62. The molecular weight excluding hydrogens is 220 g/mol. The van der Waals surface area contributed by atoms with E-state index in [1.54, 1.807) is 31.1 Å². The topological polar surface area (TPSA) is 82.2 Å². The lowest BCUT2D eigenvalue weighted by atomic mass is 10.0. The minimum atomic E-state index is -0.225. The standard InChI is InChI=1S/C11H20N4O2/c1-8(9(2)12)11(16)14-10-6-13-15(7-10)4-5-17-3/h6-9H,4-5,12H2,1-3H3,(H,14,16). The first kappa shape index (κ1) is 13.7. The number of anilines is 1. The van der Waals surface area contributed by atoms with Gasteiger partial charge in [0.2, 0.25) is 5.91 Å². The van der Waals surface area contributed by atoms with Crippen molar-refractivity contribution in [1.29, 1.82) is 0 Å². The van der Waals surface area contributed by atoms with Gasteiger partial charge in [-0.15, -0.1) is 0 Å². The van der Waals surface area contributed by atoms with E-state index in [4.69, 9.17) is 10.5 Å². The van der Waals surface area contributed by atoms with Crippen molar-refractivity contribution in [2.45, 2.75) is 26.4 Å². The zero-order chi connectivity index (χ0) is 12.8. The van der Waals surface area contributed by atoms with Gasteiger partial charge < -0.3 is 15.8 Å². The molecule has 0 fully saturated rings. The van der Waals surface area contributed by atoms with E-state index in [1.807, 2.05) is 6.92 Å². The number of ether oxygens (including phenoxy) is 1. The molecule has 3 N–H and O–H groups in total. The van der Waals surface area contributed by atoms with Crippen LogP contribution in [0.4, 0.5) is 5.69 Å². The quantitative estimate of drug-likeness (QED) is 0.756. The van der Waals surface area contributed by atoms with Crippen LogP contribution in [0.15, 0.2) is 12.4 Å². The SMILES string of the molecule is COCCn1cc(NC(=O)C(C)C(C)N)cn1. The molecule has 6 heteroatoms. The third-order valence-electron chi connectivity index (χ3n) is 2.63. The van der Waals surface area contributed by atoms with Gasteiger partial charge in [0.25, 0.3) is 0 Å². The molecule has 1 rings (SSSR count). The lowest BCUT2D eigenvalue weighted by Crippen LogP contribution is -2.34. The number of nitrogens with one attached hydrogen (secondary N) is 1. The molecule has 0 saturated carbocycles. The van der Waals surface area contributed by atoms with Gasteiger partial charge in [0.15, 0.2) is 0 Å². The van der Waals surface area contributed by atoms with Crippen molar-refractivity contribution in [3.05, 3.63) is 12.4 Å². The average Bonchev–Trinajstić information content (AvgIpc) is 2.72. The molecule has 0 aliphatic carbocycles. The van der Waals surface area contributed by atoms with Crippen molar-refractivity contribution in [2.24, 2.45) is 11.7 Å². The highest BCUT2D eigenvalue weighted by atomic mass is 16.5. The number of nitrogens with zero attached hydrogens (tertiary/aromatic N) is 2. The number of amides is 1. The van der Waals surface area contributed by atoms with E-state index in [9.17, 15) is 4.79 Å². The summed E-state index contributed by atoms with van der Waals surface area (Å²) in [6, 6.07) is -0.168. The normalized spacial score (nSPS) is 14.4. The van der Waals surface area contributed by atoms with Crippen molar-refractivity contribution in [1.82, 2.24) is 9.78 Å². The van der Waals surface area contributed by atoms with Crippen LogP contribution in [0.2, 0.25) is 0 Å². The Hall–Kier alpha value is -1.40. The third-order valence-corrected chi connectivity index (χ3v) is 2.63. The zero-order valence-corrected chi connectivity index (χ0v) is 10.5. The van der Waals surface area contributed by atoms with Gasteiger partial charge in [0.1, 0.15) is 0 Å². The van der Waals surface area contributed by atoms with Crippen LogP contribution in [0.1, 0.15) is 13.8 Å². The molecule has 0 spiro atoms. The van der Waals surface area contributed by atoms with E-state index in [0.29, 0.717) is 18.8 Å². The summed E-state index contributed by atoms with van der Waals surface area (Å²) in [6.07, 6.45) is 3.38. The molecule has 2 atom stereocenters. The van der Waals surface area contributed by atoms with E-state index in [2.05, 4.69) is 10.4 Å². The van der Waals surface area contributed by atoms with Crippen LogP contribution >= 0.6 is 0 Å². The van der Waals surface area contributed by atoms with Crippen molar-refractivity contribution in [2.75, 3.05) is 19.0 Å². The highest BCUT2D eigenvalue weighted by molar-refractivity contribution is 5.92. The zero-order valence-electron chi connectivity index (χ0n) is 10.5. The van der Waals surface area contributed by atoms with Crippen molar-refractivity contribution >= 4 is 11.6 Å². The molecule has 0 bridgehead atoms. The van der Waals surface area contributed by atoms with Crippen LogP contribution in [-0.4, -0.2) is 35.4 Å². The van der Waals surface area contributed by atoms with E-state index >= 15 is 0 Å². The predicted octanol–water partition coefficient (Wildman–Crippen LogP) is 0.451. The lowest BCUT2D eigenvalue weighted by molar-refractivity contribution is -0.119. The molecule has 0 radical (unpaired) electrons. The molecular formula is C11H20N4O2. The molecule has 2 unspecified atom stereocenters. The molecule has 1 amide bonds. The summed E-state index contributed by atoms with van der Waals surface area (Å²) in [5, 5.41) is 6.88. The summed E-state index contributed by atoms with van der Waals surface area (Å²) >= 11 is 0. The van der Waals surface area contributed by atoms with E-state index in [1.165, 1.54) is 0 Å². The smallest absolute Gasteiger partial charge is 0.228 e. The maximum absolute atomic E-state index is 11.7. The molecule has 0 aliphatic heterocycles. The van der Waals surface area contributed by atoms with Crippen LogP contribution < -0.4 is 11.1 Å². The monoisotopic (exact) mass is 240 g/mol. The summed E-state index contributed by atoms with van der Waals surface area (Å²) in [7, 11) is 1.64. The number of hydrogen-bond donors (Lipinski definition) is 2. The molecule has 1 aromatic heterocycles. The second-order valence-electron chi connectivity index (χ2n) is 4.12. The van der Waals surface area contributed by atoms with Crippen LogP contribution in [0.3, 0.4) is 0 Å². The van der Waals surface area contributed by atoms with E-state index in [-0.39, 0.29) is 17.9 Å². The summed E-state index contributed by atoms with van der Waals surface area (Å²) < 4.78 is 6.66. The Morgan fingerprint density at radius 3 is 2.94 bits per heavy atom. The summed E-state index contributed by atoms with van der Waals surface area (Å²) in [4.78, 5) is 11.7. The predicted molar refractivity (Wildman–Crippen MR) is 65.5 cm³/mol. The third kappa shape index (κ3) is 4.16. The van der Waals surface area contributed by atoms with Gasteiger partial charge in [-0.05, 0) is 6.92 Å². The fraction of sp³-hybridized carbons (Fsp3) is 0.636. The Labute approximate surface area is 101 Å². The molecule has 96 valence electrons. The van der Waals surface area contributed by atoms with Gasteiger partial charge in [0, 0.05) is 19.3 Å². The van der Waals surface area contributed by atoms with Gasteiger partial charge >= 0.3 is 0 Å². The Bertz CT molecular complexity index is 362. The maximum atomic E-state index is 11.7. The van der Waals surface area contributed by atoms with Crippen molar-refractivity contribution in [3.8, 4) is 0 Å². The maximum Gasteiger partial charge on any atom is 0.228 e. The number of hydrogen-bond acceptors (Lipinski definition) is 4. The largest absolute Gasteiger partial charge is 0.383 e. The van der Waals surface area contributed by atoms with Gasteiger partial charge in [0.05, 0.1) is 31.0 Å². The molecule has 0 aromatic carbocycles. The molecule has 0 saturated heterocycles. The fourth-order valence-corrected chi connectivity index (χ4v) is 1.23. The van der Waals surface area contributed by atoms with Crippen LogP contribution in [0.25, 0.3) is 0 Å². The van der Waals surface area contributed by atoms with Crippen molar-refractivity contribution < 1.29 is 9.53 Å². The fourth-order valence-electron chi connectivity index (χ4n) is 1.23. The first-order valence-electron chi connectivity index (χ1n) is 5.62. The van der Waals surface area contributed by atoms with Crippen molar-refractivity contribution in [3.63, 3.8) is 0 Å². The molecule has 1 aromatic rings. The highest BCUT2D eigenvalue weighted by Gasteiger charge is 2.17. The summed E-state index contributed by atoms with van der Waals surface area (Å²) in [6.45, 7) is 4.86. The van der Waals surface area contributed by atoms with Gasteiger partial charge in [-0.1, -0.05) is 6.92 Å². The minimum absolute atomic E-state index is 0.0914. The average molecular weight is 240 g/mol. The number of aromatic nitrogens is 2. The second-order valence-corrected chi connectivity index (χ2v) is 4.12. The number of carbonyl (C=O) groups excluding carboxylic acids is 1. The number of carbonyl (C=O) groups is 1. The van der Waals surface area contributed by atoms with Crippen LogP contribution in [0, 0.1) is 5.92 Å². The molecule has 6 nitrogen and oxygen atoms in total. The lowest BCUT2D eigenvalue weighted by Gasteiger charge is -2.14. The van der Waals surface area contributed by atoms with Crippen LogP contribution in [-0.2, 0) is 16.1 Å². The highest BCUT2D eigenvalue weighted by Crippen LogP contribution is 2.08. The minimum Gasteiger partial charge on any atom is -0.383 e. The molecule has 0 aliphatic rings. The first-order chi connectivity index (χ1) is 8.04. The van der Waals surface area contributed by atoms with E-state index in [0.717, 1.165) is 0 Å². The van der Waals surface area contributed by atoms with E-state index < -0.39 is 0 Å².